The van der Waals surface area contributed by atoms with Crippen molar-refractivity contribution >= 4 is 81.0 Å². The van der Waals surface area contributed by atoms with Crippen molar-refractivity contribution in [3.8, 4) is 0 Å². The number of carbonyl (C=O) groups is 3. The number of β-lactam (4-membered cyclic amide) rings is 1. The average molecular weight is 553 g/mol. The lowest BCUT2D eigenvalue weighted by molar-refractivity contribution is -0.153. The van der Waals surface area contributed by atoms with E-state index in [-0.39, 0.29) is 51.8 Å². The highest BCUT2D eigenvalue weighted by atomic mass is 32.2. The molecule has 3 aliphatic rings. The van der Waals surface area contributed by atoms with Gasteiger partial charge in [0.2, 0.25) is 0 Å². The number of carboxylic acids is 1. The predicted molar refractivity (Wildman–Crippen MR) is 136 cm³/mol. The molecule has 18 heteroatoms. The van der Waals surface area contributed by atoms with E-state index in [1.54, 1.807) is 0 Å². The molecule has 3 aliphatic heterocycles. The summed E-state index contributed by atoms with van der Waals surface area (Å²) in [6.07, 6.45) is 0. The van der Waals surface area contributed by atoms with Crippen LogP contribution < -0.4 is 22.6 Å². The molecule has 1 aromatic heterocycles. The molecule has 0 radical (unpaired) electrons. The summed E-state index contributed by atoms with van der Waals surface area (Å²) in [5, 5.41) is 27.2. The zero-order valence-electron chi connectivity index (χ0n) is 18.5. The minimum Gasteiger partial charge on any atom is -0.477 e. The number of thiocarbonyl (C=S) groups is 1. The third-order valence-corrected chi connectivity index (χ3v) is 7.89. The highest BCUT2D eigenvalue weighted by Gasteiger charge is 2.65. The van der Waals surface area contributed by atoms with Gasteiger partial charge in [0, 0.05) is 22.1 Å². The van der Waals surface area contributed by atoms with Crippen LogP contribution in [0.1, 0.15) is 5.69 Å². The number of carbonyl (C=O) groups excluding carboxylic acids is 2. The number of nitrogens with two attached hydrogens (primary N) is 3. The second-order valence-corrected chi connectivity index (χ2v) is 9.88. The second kappa shape index (κ2) is 9.54. The Bertz CT molecular complexity index is 1280. The second-order valence-electron chi connectivity index (χ2n) is 7.68. The average Bonchev–Trinajstić information content (AvgIpc) is 3.27. The summed E-state index contributed by atoms with van der Waals surface area (Å²) >= 11 is 7.34. The number of nitrogen functional groups attached to an aromatic ring is 1. The van der Waals surface area contributed by atoms with E-state index < -0.39 is 34.7 Å². The van der Waals surface area contributed by atoms with Gasteiger partial charge in [-0.1, -0.05) is 17.4 Å². The molecule has 190 valence electrons. The fourth-order valence-electron chi connectivity index (χ4n) is 3.83. The number of hydrazine groups is 1. The number of fused-ring (bicyclic) bond motifs is 1. The molecule has 0 saturated carbocycles. The van der Waals surface area contributed by atoms with Gasteiger partial charge in [-0.05, 0) is 0 Å². The van der Waals surface area contributed by atoms with Gasteiger partial charge in [0.15, 0.2) is 22.2 Å². The number of hydrogen-bond donors (Lipinski definition) is 6. The minimum atomic E-state index is -1.72. The molecule has 4 heterocycles. The predicted octanol–water partition coefficient (Wildman–Crippen LogP) is -1.92. The fourth-order valence-corrected chi connectivity index (χ4v) is 6.19. The molecule has 15 nitrogen and oxygen atoms in total. The Labute approximate surface area is 216 Å². The van der Waals surface area contributed by atoms with Gasteiger partial charge in [-0.2, -0.15) is 0 Å². The van der Waals surface area contributed by atoms with E-state index >= 15 is 0 Å². The van der Waals surface area contributed by atoms with Crippen molar-refractivity contribution in [3.05, 3.63) is 22.3 Å². The van der Waals surface area contributed by atoms with Crippen LogP contribution in [0, 0.1) is 5.41 Å². The summed E-state index contributed by atoms with van der Waals surface area (Å²) in [4.78, 5) is 52.6. The summed E-state index contributed by atoms with van der Waals surface area (Å²) in [7, 11) is 1.23. The first kappa shape index (κ1) is 25.6. The molecule has 1 fully saturated rings. The first-order valence-corrected chi connectivity index (χ1v) is 12.4. The number of thioether (sulfide) groups is 1. The number of carboxylic acid groups (broad SMARTS) is 1. The summed E-state index contributed by atoms with van der Waals surface area (Å²) in [6.45, 7) is 0.0405. The Morgan fingerprint density at radius 2 is 2.22 bits per heavy atom. The minimum absolute atomic E-state index is 0.0253. The highest BCUT2D eigenvalue weighted by Crippen LogP contribution is 2.46. The third kappa shape index (κ3) is 4.01. The number of aliphatic carboxylic acids is 1. The molecule has 9 N–H and O–H groups in total. The fraction of sp³-hybridized carbons (Fsp3) is 0.333. The molecule has 36 heavy (non-hydrogen) atoms. The maximum Gasteiger partial charge on any atom is 0.353 e. The largest absolute Gasteiger partial charge is 0.477 e. The lowest BCUT2D eigenvalue weighted by atomic mass is 9.87. The Morgan fingerprint density at radius 1 is 1.50 bits per heavy atom. The molecule has 1 aromatic rings. The van der Waals surface area contributed by atoms with Gasteiger partial charge < -0.3 is 26.7 Å². The number of rotatable bonds is 7. The first-order valence-electron chi connectivity index (χ1n) is 10.0. The van der Waals surface area contributed by atoms with Crippen molar-refractivity contribution in [2.24, 2.45) is 21.7 Å². The number of anilines is 1. The number of aromatic nitrogens is 1. The number of nitrogens with zero attached hydrogens (tertiary/aromatic N) is 5. The van der Waals surface area contributed by atoms with E-state index in [1.165, 1.54) is 12.5 Å². The number of amides is 2. The Balaban J connectivity index is 1.68. The lowest BCUT2D eigenvalue weighted by Gasteiger charge is -2.55. The van der Waals surface area contributed by atoms with Crippen LogP contribution in [0.4, 0.5) is 5.13 Å². The van der Waals surface area contributed by atoms with Crippen molar-refractivity contribution in [2.75, 3.05) is 25.1 Å². The van der Waals surface area contributed by atoms with Crippen molar-refractivity contribution in [1.82, 2.24) is 20.2 Å². The number of thiazole rings is 1. The quantitative estimate of drug-likeness (QED) is 0.0713. The van der Waals surface area contributed by atoms with Gasteiger partial charge in [0.25, 0.3) is 11.8 Å². The van der Waals surface area contributed by atoms with Gasteiger partial charge in [-0.3, -0.25) is 24.9 Å². The lowest BCUT2D eigenvalue weighted by Crippen LogP contribution is -2.81. The topological polar surface area (TPSA) is 239 Å². The van der Waals surface area contributed by atoms with Crippen LogP contribution >= 0.6 is 35.3 Å². The molecular weight excluding hydrogens is 532 g/mol. The normalized spacial score (nSPS) is 26.2. The Morgan fingerprint density at radius 3 is 2.81 bits per heavy atom. The van der Waals surface area contributed by atoms with Gasteiger partial charge in [0.1, 0.15) is 29.7 Å². The zero-order valence-corrected chi connectivity index (χ0v) is 20.9. The molecule has 0 aliphatic carbocycles. The van der Waals surface area contributed by atoms with E-state index in [0.717, 1.165) is 38.4 Å². The number of hydrogen-bond acceptors (Lipinski definition) is 14. The summed E-state index contributed by atoms with van der Waals surface area (Å²) < 4.78 is 0. The van der Waals surface area contributed by atoms with Crippen LogP contribution in [0.5, 0.6) is 0 Å². The van der Waals surface area contributed by atoms with E-state index in [2.05, 4.69) is 20.4 Å². The number of oxime groups is 1. The summed E-state index contributed by atoms with van der Waals surface area (Å²) in [5.74, 6) is 2.88. The van der Waals surface area contributed by atoms with Crippen LogP contribution in [-0.4, -0.2) is 96.9 Å². The molecule has 3 atom stereocenters. The maximum atomic E-state index is 13.4. The van der Waals surface area contributed by atoms with E-state index in [0.29, 0.717) is 0 Å². The molecule has 2 unspecified atom stereocenters. The first-order chi connectivity index (χ1) is 17.0. The maximum absolute atomic E-state index is 13.4. The molecule has 4 rings (SSSR count). The monoisotopic (exact) mass is 552 g/mol. The van der Waals surface area contributed by atoms with Crippen LogP contribution in [-0.2, 0) is 19.2 Å². The van der Waals surface area contributed by atoms with Gasteiger partial charge in [-0.25, -0.2) is 20.6 Å². The molecule has 0 spiro atoms. The summed E-state index contributed by atoms with van der Waals surface area (Å²) in [5.41, 5.74) is 9.37. The van der Waals surface area contributed by atoms with Gasteiger partial charge in [0.05, 0.1) is 12.6 Å². The SMILES string of the molecule is CON=C(C(=O)NC1(C=S)C(=O)N2C(C(=O)O)=C(C3=NC(=N)C(N)CN3N)CS[C@H]21)c1csc(N)n1. The Hall–Kier alpha value is -3.45. The van der Waals surface area contributed by atoms with Crippen molar-refractivity contribution < 1.29 is 24.3 Å². The van der Waals surface area contributed by atoms with Gasteiger partial charge in [-0.15, -0.1) is 23.1 Å². The molecule has 0 bridgehead atoms. The van der Waals surface area contributed by atoms with E-state index in [9.17, 15) is 19.5 Å². The van der Waals surface area contributed by atoms with Crippen LogP contribution in [0.25, 0.3) is 0 Å². The molecule has 0 aromatic carbocycles. The third-order valence-electron chi connectivity index (χ3n) is 5.49. The van der Waals surface area contributed by atoms with Crippen LogP contribution in [0.3, 0.4) is 0 Å². The van der Waals surface area contributed by atoms with Gasteiger partial charge >= 0.3 is 5.97 Å². The molecule has 2 amide bonds. The smallest absolute Gasteiger partial charge is 0.353 e. The number of nitrogens with one attached hydrogen (secondary N) is 2. The van der Waals surface area contributed by atoms with Crippen LogP contribution in [0.15, 0.2) is 26.8 Å². The standard InChI is InChI=1S/C18H20N10O5S3/c1-33-26-9(8-4-36-17(21)23-8)13(29)25-18(5-34)15(32)28-10(14(30)31)6(3-35-16(18)28)12-24-11(20)7(19)2-27(12)22/h4-5,7,16,20H,2-3,19,22H2,1H3,(H2,21,23)(H,25,29)(H,30,31)/t7?,16-,18?/m0/s1. The highest BCUT2D eigenvalue weighted by molar-refractivity contribution is 8.00. The number of amidine groups is 2. The van der Waals surface area contributed by atoms with Crippen molar-refractivity contribution in [3.63, 3.8) is 0 Å². The molecule has 1 saturated heterocycles. The van der Waals surface area contributed by atoms with E-state index in [1.807, 2.05) is 0 Å². The van der Waals surface area contributed by atoms with Crippen molar-refractivity contribution in [2.45, 2.75) is 17.0 Å². The number of aliphatic imine (C=N–C) groups is 1. The Kier molecular flexibility index (Phi) is 6.80. The van der Waals surface area contributed by atoms with Crippen molar-refractivity contribution in [1.29, 1.82) is 5.41 Å². The van der Waals surface area contributed by atoms with Crippen LogP contribution in [0.2, 0.25) is 0 Å². The van der Waals surface area contributed by atoms with E-state index in [4.69, 9.17) is 39.8 Å². The molecular formula is C18H20N10O5S3. The zero-order chi connectivity index (χ0) is 26.4. The summed E-state index contributed by atoms with van der Waals surface area (Å²) in [6, 6.07) is -0.740.